The van der Waals surface area contributed by atoms with Gasteiger partial charge >= 0.3 is 0 Å². The monoisotopic (exact) mass is 279 g/mol. The summed E-state index contributed by atoms with van der Waals surface area (Å²) in [5.74, 6) is 0.293. The first-order valence-electron chi connectivity index (χ1n) is 7.03. The van der Waals surface area contributed by atoms with Crippen LogP contribution in [0.4, 0.5) is 0 Å². The summed E-state index contributed by atoms with van der Waals surface area (Å²) in [6, 6.07) is 3.70. The Labute approximate surface area is 120 Å². The van der Waals surface area contributed by atoms with Crippen LogP contribution in [-0.2, 0) is 0 Å². The second kappa shape index (κ2) is 6.06. The van der Waals surface area contributed by atoms with E-state index in [9.17, 15) is 4.79 Å². The topological polar surface area (TPSA) is 20.3 Å². The number of likely N-dealkylation sites (tertiary alicyclic amines) is 1. The molecule has 0 saturated carbocycles. The summed E-state index contributed by atoms with van der Waals surface area (Å²) in [6.45, 7) is 9.13. The quantitative estimate of drug-likeness (QED) is 0.780. The van der Waals surface area contributed by atoms with E-state index in [1.165, 1.54) is 12.8 Å². The van der Waals surface area contributed by atoms with Gasteiger partial charge in [-0.25, -0.2) is 0 Å². The van der Waals surface area contributed by atoms with Crippen LogP contribution in [0.25, 0.3) is 0 Å². The number of nitrogens with zero attached hydrogens (tertiary/aromatic N) is 1. The minimum absolute atomic E-state index is 0.0531. The Morgan fingerprint density at radius 1 is 1.26 bits per heavy atom. The highest BCUT2D eigenvalue weighted by Crippen LogP contribution is 2.24. The third kappa shape index (κ3) is 3.18. The van der Waals surface area contributed by atoms with Crippen molar-refractivity contribution in [2.75, 3.05) is 19.6 Å². The van der Waals surface area contributed by atoms with Gasteiger partial charge in [0.25, 0.3) is 0 Å². The Kier molecular flexibility index (Phi) is 4.64. The fourth-order valence-corrected chi connectivity index (χ4v) is 2.96. The molecule has 2 rings (SSSR count). The summed E-state index contributed by atoms with van der Waals surface area (Å²) in [5, 5.41) is 0.737. The van der Waals surface area contributed by atoms with E-state index in [2.05, 4.69) is 4.90 Å². The molecule has 1 fully saturated rings. The zero-order valence-corrected chi connectivity index (χ0v) is 12.8. The summed E-state index contributed by atoms with van der Waals surface area (Å²) in [4.78, 5) is 14.9. The molecule has 0 bridgehead atoms. The highest BCUT2D eigenvalue weighted by atomic mass is 35.5. The number of halogens is 1. The first-order chi connectivity index (χ1) is 9.00. The molecule has 104 valence electrons. The zero-order chi connectivity index (χ0) is 14.0. The van der Waals surface area contributed by atoms with Crippen LogP contribution in [0, 0.1) is 19.8 Å². The molecule has 0 spiro atoms. The predicted octanol–water partition coefficient (Wildman–Crippen LogP) is 3.87. The lowest BCUT2D eigenvalue weighted by molar-refractivity contribution is 0.0902. The van der Waals surface area contributed by atoms with Gasteiger partial charge in [0.1, 0.15) is 0 Å². The summed E-state index contributed by atoms with van der Waals surface area (Å²) in [5.41, 5.74) is 2.86. The van der Waals surface area contributed by atoms with Crippen LogP contribution in [0.3, 0.4) is 0 Å². The van der Waals surface area contributed by atoms with Crippen molar-refractivity contribution in [3.05, 3.63) is 33.8 Å². The Morgan fingerprint density at radius 2 is 1.89 bits per heavy atom. The fourth-order valence-electron chi connectivity index (χ4n) is 2.76. The van der Waals surface area contributed by atoms with E-state index >= 15 is 0 Å². The van der Waals surface area contributed by atoms with Crippen LogP contribution in [-0.4, -0.2) is 30.3 Å². The Bertz CT molecular complexity index is 478. The second-order valence-electron chi connectivity index (χ2n) is 5.62. The van der Waals surface area contributed by atoms with Crippen molar-refractivity contribution in [3.63, 3.8) is 0 Å². The molecule has 1 aliphatic heterocycles. The van der Waals surface area contributed by atoms with E-state index < -0.39 is 0 Å². The molecule has 1 atom stereocenters. The molecular formula is C16H22ClNO. The molecule has 2 nitrogen and oxygen atoms in total. The average Bonchev–Trinajstić information content (AvgIpc) is 2.88. The summed E-state index contributed by atoms with van der Waals surface area (Å²) in [6.07, 6.45) is 2.53. The van der Waals surface area contributed by atoms with Gasteiger partial charge in [0.2, 0.25) is 0 Å². The molecule has 1 unspecified atom stereocenters. The first kappa shape index (κ1) is 14.5. The van der Waals surface area contributed by atoms with Crippen molar-refractivity contribution in [1.29, 1.82) is 0 Å². The van der Waals surface area contributed by atoms with Gasteiger partial charge in [-0.2, -0.15) is 0 Å². The number of carbonyl (C=O) groups excluding carboxylic acids is 1. The highest BCUT2D eigenvalue weighted by Gasteiger charge is 2.22. The molecular weight excluding hydrogens is 258 g/mol. The van der Waals surface area contributed by atoms with Crippen LogP contribution in [0.2, 0.25) is 5.02 Å². The molecule has 0 aliphatic carbocycles. The molecule has 1 heterocycles. The molecule has 1 saturated heterocycles. The highest BCUT2D eigenvalue weighted by molar-refractivity contribution is 6.31. The Morgan fingerprint density at radius 3 is 2.53 bits per heavy atom. The van der Waals surface area contributed by atoms with Gasteiger partial charge in [-0.05, 0) is 63.0 Å². The van der Waals surface area contributed by atoms with Gasteiger partial charge in [0, 0.05) is 23.0 Å². The van der Waals surface area contributed by atoms with E-state index in [-0.39, 0.29) is 11.7 Å². The third-order valence-electron chi connectivity index (χ3n) is 4.16. The van der Waals surface area contributed by atoms with Crippen LogP contribution in [0.5, 0.6) is 0 Å². The number of benzene rings is 1. The molecule has 1 aliphatic rings. The number of rotatable bonds is 4. The number of ketones is 1. The summed E-state index contributed by atoms with van der Waals surface area (Å²) >= 11 is 6.09. The van der Waals surface area contributed by atoms with Crippen molar-refractivity contribution in [2.45, 2.75) is 33.6 Å². The lowest BCUT2D eigenvalue weighted by atomic mass is 9.93. The van der Waals surface area contributed by atoms with E-state index in [4.69, 9.17) is 11.6 Å². The van der Waals surface area contributed by atoms with E-state index in [0.717, 1.165) is 41.3 Å². The average molecular weight is 280 g/mol. The maximum absolute atomic E-state index is 12.5. The van der Waals surface area contributed by atoms with Crippen LogP contribution >= 0.6 is 11.6 Å². The fraction of sp³-hybridized carbons (Fsp3) is 0.562. The van der Waals surface area contributed by atoms with Crippen LogP contribution in [0.15, 0.2) is 12.1 Å². The van der Waals surface area contributed by atoms with Gasteiger partial charge in [-0.3, -0.25) is 4.79 Å². The number of hydrogen-bond acceptors (Lipinski definition) is 2. The number of hydrogen-bond donors (Lipinski definition) is 0. The molecule has 1 aromatic rings. The Hall–Kier alpha value is -0.860. The van der Waals surface area contributed by atoms with E-state index in [0.29, 0.717) is 0 Å². The van der Waals surface area contributed by atoms with E-state index in [1.54, 1.807) is 0 Å². The standard InChI is InChI=1S/C16H22ClNO/c1-11(10-18-8-4-5-9-18)16(19)14-6-7-15(17)13(3)12(14)2/h6-7,11H,4-5,8-10H2,1-3H3. The molecule has 3 heteroatoms. The molecule has 1 aromatic carbocycles. The van der Waals surface area contributed by atoms with Gasteiger partial charge in [-0.15, -0.1) is 0 Å². The zero-order valence-electron chi connectivity index (χ0n) is 12.0. The normalized spacial score (nSPS) is 17.7. The molecule has 19 heavy (non-hydrogen) atoms. The lowest BCUT2D eigenvalue weighted by Gasteiger charge is -2.20. The molecule has 0 amide bonds. The largest absolute Gasteiger partial charge is 0.303 e. The van der Waals surface area contributed by atoms with Crippen molar-refractivity contribution in [2.24, 2.45) is 5.92 Å². The van der Waals surface area contributed by atoms with Gasteiger partial charge in [0.05, 0.1) is 0 Å². The molecule has 0 radical (unpaired) electrons. The second-order valence-corrected chi connectivity index (χ2v) is 6.03. The lowest BCUT2D eigenvalue weighted by Crippen LogP contribution is -2.29. The third-order valence-corrected chi connectivity index (χ3v) is 4.57. The minimum atomic E-state index is 0.0531. The SMILES string of the molecule is Cc1c(Cl)ccc(C(=O)C(C)CN2CCCC2)c1C. The maximum Gasteiger partial charge on any atom is 0.167 e. The van der Waals surface area contributed by atoms with Crippen molar-refractivity contribution < 1.29 is 4.79 Å². The van der Waals surface area contributed by atoms with Crippen molar-refractivity contribution >= 4 is 17.4 Å². The minimum Gasteiger partial charge on any atom is -0.303 e. The summed E-state index contributed by atoms with van der Waals surface area (Å²) in [7, 11) is 0. The van der Waals surface area contributed by atoms with Crippen molar-refractivity contribution in [1.82, 2.24) is 4.90 Å². The van der Waals surface area contributed by atoms with Gasteiger partial charge in [-0.1, -0.05) is 18.5 Å². The number of carbonyl (C=O) groups is 1. The number of Topliss-reactive ketones (excluding diaryl/α,β-unsaturated/α-hetero) is 1. The van der Waals surface area contributed by atoms with Gasteiger partial charge in [0.15, 0.2) is 5.78 Å². The Balaban J connectivity index is 2.12. The molecule has 0 aromatic heterocycles. The van der Waals surface area contributed by atoms with Gasteiger partial charge < -0.3 is 4.90 Å². The first-order valence-corrected chi connectivity index (χ1v) is 7.40. The summed E-state index contributed by atoms with van der Waals surface area (Å²) < 4.78 is 0. The molecule has 0 N–H and O–H groups in total. The van der Waals surface area contributed by atoms with E-state index in [1.807, 2.05) is 32.9 Å². The van der Waals surface area contributed by atoms with Crippen molar-refractivity contribution in [3.8, 4) is 0 Å². The van der Waals surface area contributed by atoms with Crippen LogP contribution < -0.4 is 0 Å². The van der Waals surface area contributed by atoms with Crippen LogP contribution in [0.1, 0.15) is 41.3 Å². The predicted molar refractivity (Wildman–Crippen MR) is 80.1 cm³/mol. The smallest absolute Gasteiger partial charge is 0.167 e. The maximum atomic E-state index is 12.5.